The molecule has 0 aliphatic heterocycles. The highest BCUT2D eigenvalue weighted by Gasteiger charge is 2.20. The maximum Gasteiger partial charge on any atom is 0.227 e. The molecular formula is C13H15N3O2. The van der Waals surface area contributed by atoms with Crippen LogP contribution >= 0.6 is 0 Å². The van der Waals surface area contributed by atoms with E-state index in [2.05, 4.69) is 21.5 Å². The van der Waals surface area contributed by atoms with E-state index in [1.54, 1.807) is 6.20 Å². The zero-order chi connectivity index (χ0) is 13.3. The van der Waals surface area contributed by atoms with Crippen molar-refractivity contribution in [2.75, 3.05) is 0 Å². The summed E-state index contributed by atoms with van der Waals surface area (Å²) in [5.74, 6) is 0.216. The molecule has 18 heavy (non-hydrogen) atoms. The van der Waals surface area contributed by atoms with Gasteiger partial charge >= 0.3 is 0 Å². The van der Waals surface area contributed by atoms with Crippen LogP contribution in [0.2, 0.25) is 0 Å². The number of carbonyl (C=O) groups excluding carboxylic acids is 1. The molecule has 2 rings (SSSR count). The Morgan fingerprint density at radius 1 is 1.44 bits per heavy atom. The summed E-state index contributed by atoms with van der Waals surface area (Å²) in [5, 5.41) is 0.595. The Morgan fingerprint density at radius 3 is 2.78 bits per heavy atom. The number of fused-ring (bicyclic) bond motifs is 1. The van der Waals surface area contributed by atoms with Gasteiger partial charge < -0.3 is 9.72 Å². The van der Waals surface area contributed by atoms with E-state index in [0.29, 0.717) is 22.5 Å². The molecule has 1 N–H and O–H groups in total. The van der Waals surface area contributed by atoms with Crippen molar-refractivity contribution in [3.8, 4) is 5.88 Å². The highest BCUT2D eigenvalue weighted by Crippen LogP contribution is 2.28. The molecule has 0 amide bonds. The minimum atomic E-state index is -0.396. The normalized spacial score (nSPS) is 11.5. The highest BCUT2D eigenvalue weighted by atomic mass is 16.5. The van der Waals surface area contributed by atoms with Gasteiger partial charge in [-0.25, -0.2) is 9.97 Å². The quantitative estimate of drug-likeness (QED) is 0.666. The van der Waals surface area contributed by atoms with E-state index in [4.69, 9.17) is 4.74 Å². The molecule has 0 unspecified atom stereocenters. The van der Waals surface area contributed by atoms with E-state index in [1.807, 2.05) is 20.8 Å². The lowest BCUT2D eigenvalue weighted by Gasteiger charge is -2.20. The van der Waals surface area contributed by atoms with Gasteiger partial charge in [0, 0.05) is 6.20 Å². The van der Waals surface area contributed by atoms with Crippen LogP contribution in [0.5, 0.6) is 5.88 Å². The van der Waals surface area contributed by atoms with Gasteiger partial charge in [-0.2, -0.15) is 0 Å². The fraction of sp³-hybridized carbons (Fsp3) is 0.308. The number of carbonyl (C=O) groups is 1. The Hall–Kier alpha value is -2.17. The topological polar surface area (TPSA) is 67.9 Å². The lowest BCUT2D eigenvalue weighted by molar-refractivity contribution is 0.104. The van der Waals surface area contributed by atoms with Crippen molar-refractivity contribution in [3.05, 3.63) is 30.7 Å². The zero-order valence-corrected chi connectivity index (χ0v) is 10.7. The van der Waals surface area contributed by atoms with Gasteiger partial charge in [0.15, 0.2) is 5.78 Å². The predicted molar refractivity (Wildman–Crippen MR) is 68.8 cm³/mol. The summed E-state index contributed by atoms with van der Waals surface area (Å²) in [7, 11) is 0. The molecule has 0 spiro atoms. The van der Waals surface area contributed by atoms with Crippen LogP contribution in [0.1, 0.15) is 31.1 Å². The zero-order valence-electron chi connectivity index (χ0n) is 10.7. The number of nitrogens with zero attached hydrogens (tertiary/aromatic N) is 2. The molecule has 0 atom stereocenters. The SMILES string of the molecule is C=CC(=O)c1c[nH]c2ncnc(OC(C)(C)C)c12. The van der Waals surface area contributed by atoms with E-state index in [9.17, 15) is 4.79 Å². The third-order valence-electron chi connectivity index (χ3n) is 2.29. The van der Waals surface area contributed by atoms with Crippen molar-refractivity contribution in [2.24, 2.45) is 0 Å². The first-order chi connectivity index (χ1) is 8.42. The lowest BCUT2D eigenvalue weighted by Crippen LogP contribution is -2.23. The van der Waals surface area contributed by atoms with Gasteiger partial charge in [-0.1, -0.05) is 6.58 Å². The minimum absolute atomic E-state index is 0.185. The first-order valence-corrected chi connectivity index (χ1v) is 5.60. The number of allylic oxidation sites excluding steroid dienone is 1. The Balaban J connectivity index is 2.62. The average molecular weight is 245 g/mol. The van der Waals surface area contributed by atoms with E-state index in [-0.39, 0.29) is 5.78 Å². The first-order valence-electron chi connectivity index (χ1n) is 5.60. The summed E-state index contributed by atoms with van der Waals surface area (Å²) in [5.41, 5.74) is 0.654. The molecule has 94 valence electrons. The number of ether oxygens (including phenoxy) is 1. The van der Waals surface area contributed by atoms with E-state index >= 15 is 0 Å². The Bertz CT molecular complexity index is 608. The number of hydrogen-bond acceptors (Lipinski definition) is 4. The van der Waals surface area contributed by atoms with Crippen molar-refractivity contribution in [2.45, 2.75) is 26.4 Å². The van der Waals surface area contributed by atoms with Crippen molar-refractivity contribution in [3.63, 3.8) is 0 Å². The minimum Gasteiger partial charge on any atom is -0.471 e. The number of rotatable bonds is 3. The largest absolute Gasteiger partial charge is 0.471 e. The summed E-state index contributed by atoms with van der Waals surface area (Å²) >= 11 is 0. The van der Waals surface area contributed by atoms with Crippen LogP contribution in [0.15, 0.2) is 25.2 Å². The standard InChI is InChI=1S/C13H15N3O2/c1-5-9(17)8-6-14-11-10(8)12(16-7-15-11)18-13(2,3)4/h5-7H,1H2,2-4H3,(H,14,15,16). The van der Waals surface area contributed by atoms with Gasteiger partial charge in [0.2, 0.25) is 5.88 Å². The Labute approximate surface area is 105 Å². The monoisotopic (exact) mass is 245 g/mol. The third kappa shape index (κ3) is 2.25. The molecule has 2 aromatic heterocycles. The predicted octanol–water partition coefficient (Wildman–Crippen LogP) is 2.50. The van der Waals surface area contributed by atoms with Crippen LogP contribution in [0, 0.1) is 0 Å². The fourth-order valence-corrected chi connectivity index (χ4v) is 1.61. The first kappa shape index (κ1) is 12.3. The van der Waals surface area contributed by atoms with E-state index < -0.39 is 5.60 Å². The van der Waals surface area contributed by atoms with Gasteiger partial charge in [-0.15, -0.1) is 0 Å². The Kier molecular flexibility index (Phi) is 2.90. The molecule has 2 aromatic rings. The van der Waals surface area contributed by atoms with Crippen molar-refractivity contribution < 1.29 is 9.53 Å². The van der Waals surface area contributed by atoms with Crippen LogP contribution in [-0.2, 0) is 0 Å². The summed E-state index contributed by atoms with van der Waals surface area (Å²) < 4.78 is 5.75. The van der Waals surface area contributed by atoms with Crippen LogP contribution in [0.4, 0.5) is 0 Å². The lowest BCUT2D eigenvalue weighted by atomic mass is 10.1. The smallest absolute Gasteiger partial charge is 0.227 e. The third-order valence-corrected chi connectivity index (χ3v) is 2.29. The number of aromatic nitrogens is 3. The van der Waals surface area contributed by atoms with Crippen molar-refractivity contribution in [1.82, 2.24) is 15.0 Å². The van der Waals surface area contributed by atoms with Crippen molar-refractivity contribution in [1.29, 1.82) is 0 Å². The van der Waals surface area contributed by atoms with Crippen LogP contribution in [-0.4, -0.2) is 26.3 Å². The van der Waals surface area contributed by atoms with Crippen LogP contribution in [0.25, 0.3) is 11.0 Å². The molecule has 0 aliphatic carbocycles. The second kappa shape index (κ2) is 4.25. The van der Waals surface area contributed by atoms with E-state index in [0.717, 1.165) is 0 Å². The molecule has 0 aromatic carbocycles. The molecule has 5 nitrogen and oxygen atoms in total. The molecule has 0 radical (unpaired) electrons. The summed E-state index contributed by atoms with van der Waals surface area (Å²) in [6.07, 6.45) is 4.26. The average Bonchev–Trinajstić information content (AvgIpc) is 2.71. The molecule has 0 bridgehead atoms. The van der Waals surface area contributed by atoms with Gasteiger partial charge in [-0.3, -0.25) is 4.79 Å². The van der Waals surface area contributed by atoms with Gasteiger partial charge in [-0.05, 0) is 26.8 Å². The molecule has 0 saturated heterocycles. The molecule has 0 saturated carbocycles. The summed E-state index contributed by atoms with van der Waals surface area (Å²) in [6, 6.07) is 0. The van der Waals surface area contributed by atoms with Crippen LogP contribution in [0.3, 0.4) is 0 Å². The molecule has 0 fully saturated rings. The summed E-state index contributed by atoms with van der Waals surface area (Å²) in [4.78, 5) is 22.9. The molecule has 0 aliphatic rings. The van der Waals surface area contributed by atoms with Gasteiger partial charge in [0.05, 0.1) is 10.9 Å². The molecule has 2 heterocycles. The molecule has 5 heteroatoms. The second-order valence-electron chi connectivity index (χ2n) is 4.89. The van der Waals surface area contributed by atoms with Gasteiger partial charge in [0.25, 0.3) is 0 Å². The van der Waals surface area contributed by atoms with Crippen LogP contribution < -0.4 is 4.74 Å². The maximum atomic E-state index is 11.8. The van der Waals surface area contributed by atoms with E-state index in [1.165, 1.54) is 12.4 Å². The number of nitrogens with one attached hydrogen (secondary N) is 1. The van der Waals surface area contributed by atoms with Crippen molar-refractivity contribution >= 4 is 16.8 Å². The number of ketones is 1. The maximum absolute atomic E-state index is 11.8. The number of H-pyrrole nitrogens is 1. The highest BCUT2D eigenvalue weighted by molar-refractivity contribution is 6.13. The number of aromatic amines is 1. The fourth-order valence-electron chi connectivity index (χ4n) is 1.61. The number of hydrogen-bond donors (Lipinski definition) is 1. The summed E-state index contributed by atoms with van der Waals surface area (Å²) in [6.45, 7) is 9.24. The molecular weight excluding hydrogens is 230 g/mol. The van der Waals surface area contributed by atoms with Gasteiger partial charge in [0.1, 0.15) is 17.6 Å². The Morgan fingerprint density at radius 2 is 2.17 bits per heavy atom. The second-order valence-corrected chi connectivity index (χ2v) is 4.89.